The number of ether oxygens (including phenoxy) is 2. The highest BCUT2D eigenvalue weighted by Crippen LogP contribution is 2.27. The monoisotopic (exact) mass is 288 g/mol. The van der Waals surface area contributed by atoms with Crippen molar-refractivity contribution in [2.24, 2.45) is 0 Å². The van der Waals surface area contributed by atoms with E-state index in [1.807, 2.05) is 0 Å². The molecule has 1 fully saturated rings. The molecule has 1 aliphatic carbocycles. The van der Waals surface area contributed by atoms with Crippen LogP contribution in [-0.2, 0) is 9.47 Å². The highest BCUT2D eigenvalue weighted by Gasteiger charge is 2.21. The molecule has 2 nitrogen and oxygen atoms in total. The predicted molar refractivity (Wildman–Crippen MR) is 68.6 cm³/mol. The first-order chi connectivity index (χ1) is 7.86. The molecule has 0 spiro atoms. The van der Waals surface area contributed by atoms with Crippen molar-refractivity contribution in [1.82, 2.24) is 0 Å². The van der Waals surface area contributed by atoms with Gasteiger partial charge in [0.25, 0.3) is 0 Å². The quantitative estimate of drug-likeness (QED) is 0.760. The Balaban J connectivity index is 1.87. The van der Waals surface area contributed by atoms with Gasteiger partial charge in [-0.05, 0) is 38.5 Å². The van der Waals surface area contributed by atoms with E-state index in [1.54, 1.807) is 0 Å². The number of hydrogen-bond donors (Lipinski definition) is 0. The summed E-state index contributed by atoms with van der Waals surface area (Å²) in [7, 11) is 0. The van der Waals surface area contributed by atoms with Gasteiger partial charge in [0.15, 0.2) is 6.29 Å². The molecule has 0 aromatic heterocycles. The second kappa shape index (κ2) is 6.77. The van der Waals surface area contributed by atoms with Crippen molar-refractivity contribution >= 4 is 15.9 Å². The standard InChI is InChI=1S/C13H21BrO2/c14-11-7-3-1-2-4-8-12(11)16-13-9-5-6-10-15-13/h7,12-13H,1-6,8-10H2/b11-7+. The molecule has 1 heterocycles. The van der Waals surface area contributed by atoms with Gasteiger partial charge in [0.2, 0.25) is 0 Å². The fourth-order valence-electron chi connectivity index (χ4n) is 2.29. The number of halogens is 1. The van der Waals surface area contributed by atoms with Crippen LogP contribution in [0.25, 0.3) is 0 Å². The molecule has 0 amide bonds. The molecule has 0 radical (unpaired) electrons. The lowest BCUT2D eigenvalue weighted by atomic mass is 10.0. The van der Waals surface area contributed by atoms with E-state index in [4.69, 9.17) is 9.47 Å². The third-order valence-electron chi connectivity index (χ3n) is 3.27. The first-order valence-corrected chi connectivity index (χ1v) is 7.28. The first kappa shape index (κ1) is 12.6. The van der Waals surface area contributed by atoms with Crippen molar-refractivity contribution in [3.8, 4) is 0 Å². The summed E-state index contributed by atoms with van der Waals surface area (Å²) in [5.41, 5.74) is 0. The van der Waals surface area contributed by atoms with Crippen molar-refractivity contribution in [1.29, 1.82) is 0 Å². The van der Waals surface area contributed by atoms with Crippen LogP contribution in [0.1, 0.15) is 51.4 Å². The SMILES string of the molecule is Br/C1=C/CCCCCC1OC1CCCCO1. The Labute approximate surface area is 107 Å². The van der Waals surface area contributed by atoms with Gasteiger partial charge in [-0.3, -0.25) is 0 Å². The second-order valence-electron chi connectivity index (χ2n) is 4.65. The van der Waals surface area contributed by atoms with Crippen LogP contribution in [0.4, 0.5) is 0 Å². The Morgan fingerprint density at radius 2 is 2.00 bits per heavy atom. The van der Waals surface area contributed by atoms with Gasteiger partial charge in [-0.2, -0.15) is 0 Å². The molecule has 1 saturated heterocycles. The number of hydrogen-bond acceptors (Lipinski definition) is 2. The zero-order chi connectivity index (χ0) is 11.2. The zero-order valence-electron chi connectivity index (χ0n) is 9.79. The van der Waals surface area contributed by atoms with E-state index < -0.39 is 0 Å². The van der Waals surface area contributed by atoms with Crippen LogP contribution in [-0.4, -0.2) is 19.0 Å². The summed E-state index contributed by atoms with van der Waals surface area (Å²) < 4.78 is 12.9. The molecule has 0 aromatic carbocycles. The summed E-state index contributed by atoms with van der Waals surface area (Å²) >= 11 is 3.65. The average molecular weight is 289 g/mol. The molecular weight excluding hydrogens is 268 g/mol. The topological polar surface area (TPSA) is 18.5 Å². The van der Waals surface area contributed by atoms with Crippen molar-refractivity contribution in [3.63, 3.8) is 0 Å². The maximum absolute atomic E-state index is 6.04. The highest BCUT2D eigenvalue weighted by atomic mass is 79.9. The summed E-state index contributed by atoms with van der Waals surface area (Å²) in [6.07, 6.45) is 12.2. The molecule has 2 aliphatic rings. The van der Waals surface area contributed by atoms with Crippen molar-refractivity contribution in [2.45, 2.75) is 63.8 Å². The maximum Gasteiger partial charge on any atom is 0.158 e. The van der Waals surface area contributed by atoms with Gasteiger partial charge in [0, 0.05) is 11.1 Å². The minimum absolute atomic E-state index is 0.0270. The molecule has 0 N–H and O–H groups in total. The zero-order valence-corrected chi connectivity index (χ0v) is 11.4. The lowest BCUT2D eigenvalue weighted by Gasteiger charge is -2.28. The summed E-state index contributed by atoms with van der Waals surface area (Å²) in [6, 6.07) is 0. The van der Waals surface area contributed by atoms with Gasteiger partial charge >= 0.3 is 0 Å². The highest BCUT2D eigenvalue weighted by molar-refractivity contribution is 9.11. The maximum atomic E-state index is 6.04. The third-order valence-corrected chi connectivity index (χ3v) is 4.11. The third kappa shape index (κ3) is 3.86. The Hall–Kier alpha value is 0.140. The summed E-state index contributed by atoms with van der Waals surface area (Å²) in [5.74, 6) is 0. The molecule has 0 bridgehead atoms. The normalized spacial score (nSPS) is 35.9. The first-order valence-electron chi connectivity index (χ1n) is 6.49. The minimum atomic E-state index is 0.0270. The van der Waals surface area contributed by atoms with Crippen LogP contribution >= 0.6 is 15.9 Å². The molecule has 1 aliphatic heterocycles. The largest absolute Gasteiger partial charge is 0.353 e. The average Bonchev–Trinajstić information content (AvgIpc) is 2.30. The van der Waals surface area contributed by atoms with Crippen LogP contribution in [0.3, 0.4) is 0 Å². The van der Waals surface area contributed by atoms with Crippen LogP contribution in [0, 0.1) is 0 Å². The molecule has 0 saturated carbocycles. The van der Waals surface area contributed by atoms with E-state index >= 15 is 0 Å². The van der Waals surface area contributed by atoms with Crippen LogP contribution < -0.4 is 0 Å². The Morgan fingerprint density at radius 3 is 2.81 bits per heavy atom. The van der Waals surface area contributed by atoms with E-state index in [0.29, 0.717) is 0 Å². The number of allylic oxidation sites excluding steroid dienone is 1. The fourth-order valence-corrected chi connectivity index (χ4v) is 2.86. The fraction of sp³-hybridized carbons (Fsp3) is 0.846. The number of rotatable bonds is 2. The van der Waals surface area contributed by atoms with E-state index in [-0.39, 0.29) is 12.4 Å². The minimum Gasteiger partial charge on any atom is -0.353 e. The van der Waals surface area contributed by atoms with Crippen LogP contribution in [0.2, 0.25) is 0 Å². The van der Waals surface area contributed by atoms with Crippen molar-refractivity contribution in [2.75, 3.05) is 6.61 Å². The lowest BCUT2D eigenvalue weighted by Crippen LogP contribution is -2.28. The van der Waals surface area contributed by atoms with Gasteiger partial charge in [0.1, 0.15) is 0 Å². The Morgan fingerprint density at radius 1 is 1.12 bits per heavy atom. The predicted octanol–water partition coefficient (Wildman–Crippen LogP) is 4.14. The van der Waals surface area contributed by atoms with Gasteiger partial charge < -0.3 is 9.47 Å². The Bertz CT molecular complexity index is 234. The molecule has 16 heavy (non-hydrogen) atoms. The van der Waals surface area contributed by atoms with E-state index in [0.717, 1.165) is 19.4 Å². The lowest BCUT2D eigenvalue weighted by molar-refractivity contribution is -0.180. The Kier molecular flexibility index (Phi) is 5.33. The molecule has 3 heteroatoms. The summed E-state index contributed by atoms with van der Waals surface area (Å²) in [5, 5.41) is 0. The van der Waals surface area contributed by atoms with Crippen molar-refractivity contribution < 1.29 is 9.47 Å². The molecule has 0 aromatic rings. The van der Waals surface area contributed by atoms with Crippen molar-refractivity contribution in [3.05, 3.63) is 10.6 Å². The van der Waals surface area contributed by atoms with Gasteiger partial charge in [-0.25, -0.2) is 0 Å². The van der Waals surface area contributed by atoms with Gasteiger partial charge in [0.05, 0.1) is 6.10 Å². The van der Waals surface area contributed by atoms with E-state index in [1.165, 1.54) is 43.0 Å². The second-order valence-corrected chi connectivity index (χ2v) is 5.56. The van der Waals surface area contributed by atoms with Gasteiger partial charge in [-0.1, -0.05) is 34.8 Å². The molecule has 2 rings (SSSR count). The summed E-state index contributed by atoms with van der Waals surface area (Å²) in [6.45, 7) is 0.860. The molecular formula is C13H21BrO2. The van der Waals surface area contributed by atoms with E-state index in [2.05, 4.69) is 22.0 Å². The smallest absolute Gasteiger partial charge is 0.158 e. The summed E-state index contributed by atoms with van der Waals surface area (Å²) in [4.78, 5) is 0. The van der Waals surface area contributed by atoms with Crippen LogP contribution in [0.15, 0.2) is 10.6 Å². The van der Waals surface area contributed by atoms with Crippen LogP contribution in [0.5, 0.6) is 0 Å². The van der Waals surface area contributed by atoms with Gasteiger partial charge in [-0.15, -0.1) is 0 Å². The molecule has 92 valence electrons. The molecule has 2 atom stereocenters. The van der Waals surface area contributed by atoms with E-state index in [9.17, 15) is 0 Å². The molecule has 2 unspecified atom stereocenters.